The Labute approximate surface area is 82.8 Å². The van der Waals surface area contributed by atoms with Gasteiger partial charge in [0.1, 0.15) is 5.75 Å². The number of nitrogens with one attached hydrogen (secondary N) is 1. The highest BCUT2D eigenvalue weighted by Gasteiger charge is 2.33. The lowest BCUT2D eigenvalue weighted by molar-refractivity contribution is -0.124. The molecule has 1 aliphatic rings. The van der Waals surface area contributed by atoms with E-state index in [-0.39, 0.29) is 17.1 Å². The third-order valence-electron chi connectivity index (χ3n) is 2.59. The van der Waals surface area contributed by atoms with E-state index in [1.807, 2.05) is 19.9 Å². The molecule has 3 nitrogen and oxygen atoms in total. The average Bonchev–Trinajstić information content (AvgIpc) is 2.08. The Morgan fingerprint density at radius 2 is 2.14 bits per heavy atom. The summed E-state index contributed by atoms with van der Waals surface area (Å²) in [5.41, 5.74) is 1.45. The molecule has 1 aromatic carbocycles. The van der Waals surface area contributed by atoms with E-state index in [9.17, 15) is 9.90 Å². The van der Waals surface area contributed by atoms with Crippen LogP contribution in [-0.2, 0) is 11.2 Å². The molecular weight excluding hydrogens is 178 g/mol. The number of rotatable bonds is 0. The van der Waals surface area contributed by atoms with Gasteiger partial charge in [-0.2, -0.15) is 0 Å². The molecule has 3 heteroatoms. The van der Waals surface area contributed by atoms with Crippen molar-refractivity contribution >= 4 is 11.6 Å². The van der Waals surface area contributed by atoms with Gasteiger partial charge < -0.3 is 10.4 Å². The highest BCUT2D eigenvalue weighted by molar-refractivity contribution is 5.98. The zero-order valence-electron chi connectivity index (χ0n) is 8.29. The maximum Gasteiger partial charge on any atom is 0.230 e. The molecule has 0 aromatic heterocycles. The van der Waals surface area contributed by atoms with Crippen LogP contribution in [-0.4, -0.2) is 11.0 Å². The molecule has 0 aliphatic carbocycles. The van der Waals surface area contributed by atoms with Crippen LogP contribution in [0.25, 0.3) is 0 Å². The largest absolute Gasteiger partial charge is 0.508 e. The lowest BCUT2D eigenvalue weighted by Gasteiger charge is -2.30. The number of hydrogen-bond acceptors (Lipinski definition) is 2. The molecule has 0 saturated carbocycles. The zero-order valence-corrected chi connectivity index (χ0v) is 8.29. The molecule has 74 valence electrons. The van der Waals surface area contributed by atoms with E-state index in [0.29, 0.717) is 6.42 Å². The molecule has 1 heterocycles. The van der Waals surface area contributed by atoms with Crippen molar-refractivity contribution in [2.45, 2.75) is 20.3 Å². The van der Waals surface area contributed by atoms with Crippen molar-refractivity contribution in [2.75, 3.05) is 5.32 Å². The first-order valence-corrected chi connectivity index (χ1v) is 4.62. The van der Waals surface area contributed by atoms with Crippen molar-refractivity contribution in [1.82, 2.24) is 0 Å². The third-order valence-corrected chi connectivity index (χ3v) is 2.59. The van der Waals surface area contributed by atoms with Crippen LogP contribution in [0.3, 0.4) is 0 Å². The fraction of sp³-hybridized carbons (Fsp3) is 0.364. The van der Waals surface area contributed by atoms with E-state index in [4.69, 9.17) is 0 Å². The third kappa shape index (κ3) is 1.35. The van der Waals surface area contributed by atoms with Crippen molar-refractivity contribution in [2.24, 2.45) is 5.41 Å². The minimum Gasteiger partial charge on any atom is -0.508 e. The number of carbonyl (C=O) groups is 1. The van der Waals surface area contributed by atoms with Gasteiger partial charge in [-0.3, -0.25) is 4.79 Å². The SMILES string of the molecule is CC1(C)Cc2ccc(O)cc2NC1=O. The topological polar surface area (TPSA) is 49.3 Å². The number of aromatic hydroxyl groups is 1. The van der Waals surface area contributed by atoms with Crippen molar-refractivity contribution in [3.8, 4) is 5.75 Å². The van der Waals surface area contributed by atoms with Gasteiger partial charge in [0.25, 0.3) is 0 Å². The Bertz CT molecular complexity index is 396. The van der Waals surface area contributed by atoms with Crippen molar-refractivity contribution < 1.29 is 9.90 Å². The van der Waals surface area contributed by atoms with Gasteiger partial charge in [-0.05, 0) is 18.1 Å². The number of phenolic OH excluding ortho intramolecular Hbond substituents is 1. The molecule has 1 amide bonds. The molecule has 0 bridgehead atoms. The molecular formula is C11H13NO2. The molecule has 1 aromatic rings. The molecule has 0 fully saturated rings. The first-order chi connectivity index (χ1) is 6.49. The monoisotopic (exact) mass is 191 g/mol. The first kappa shape index (κ1) is 9.06. The fourth-order valence-electron chi connectivity index (χ4n) is 1.68. The van der Waals surface area contributed by atoms with Gasteiger partial charge in [-0.25, -0.2) is 0 Å². The van der Waals surface area contributed by atoms with Crippen LogP contribution < -0.4 is 5.32 Å². The minimum atomic E-state index is -0.357. The van der Waals surface area contributed by atoms with Gasteiger partial charge in [-0.15, -0.1) is 0 Å². The Kier molecular flexibility index (Phi) is 1.77. The molecule has 2 N–H and O–H groups in total. The number of benzene rings is 1. The van der Waals surface area contributed by atoms with Gasteiger partial charge in [0.05, 0.1) is 0 Å². The average molecular weight is 191 g/mol. The summed E-state index contributed by atoms with van der Waals surface area (Å²) in [7, 11) is 0. The number of amides is 1. The van der Waals surface area contributed by atoms with Crippen LogP contribution >= 0.6 is 0 Å². The summed E-state index contributed by atoms with van der Waals surface area (Å²) in [5.74, 6) is 0.194. The minimum absolute atomic E-state index is 0.00981. The molecule has 14 heavy (non-hydrogen) atoms. The molecule has 0 unspecified atom stereocenters. The Morgan fingerprint density at radius 1 is 1.43 bits per heavy atom. The van der Waals surface area contributed by atoms with Crippen LogP contribution in [0.5, 0.6) is 5.75 Å². The number of anilines is 1. The summed E-state index contributed by atoms with van der Waals surface area (Å²) >= 11 is 0. The zero-order chi connectivity index (χ0) is 10.3. The summed E-state index contributed by atoms with van der Waals surface area (Å²) in [5, 5.41) is 12.0. The van der Waals surface area contributed by atoms with E-state index in [1.165, 1.54) is 0 Å². The van der Waals surface area contributed by atoms with Crippen molar-refractivity contribution in [3.63, 3.8) is 0 Å². The fourth-order valence-corrected chi connectivity index (χ4v) is 1.68. The number of hydrogen-bond donors (Lipinski definition) is 2. The van der Waals surface area contributed by atoms with E-state index >= 15 is 0 Å². The van der Waals surface area contributed by atoms with Crippen molar-refractivity contribution in [3.05, 3.63) is 23.8 Å². The molecule has 1 aliphatic heterocycles. The van der Waals surface area contributed by atoms with Gasteiger partial charge in [0, 0.05) is 17.2 Å². The number of phenols is 1. The lowest BCUT2D eigenvalue weighted by Crippen LogP contribution is -2.36. The van der Waals surface area contributed by atoms with Gasteiger partial charge in [-0.1, -0.05) is 19.9 Å². The maximum absolute atomic E-state index is 11.6. The molecule has 0 atom stereocenters. The van der Waals surface area contributed by atoms with Crippen LogP contribution in [0.4, 0.5) is 5.69 Å². The quantitative estimate of drug-likeness (QED) is 0.658. The molecule has 0 radical (unpaired) electrons. The highest BCUT2D eigenvalue weighted by Crippen LogP contribution is 2.34. The van der Waals surface area contributed by atoms with E-state index < -0.39 is 0 Å². The van der Waals surface area contributed by atoms with E-state index in [2.05, 4.69) is 5.32 Å². The summed E-state index contributed by atoms with van der Waals surface area (Å²) in [6.45, 7) is 3.83. The summed E-state index contributed by atoms with van der Waals surface area (Å²) in [6.07, 6.45) is 0.717. The van der Waals surface area contributed by atoms with Crippen LogP contribution in [0.2, 0.25) is 0 Å². The summed E-state index contributed by atoms with van der Waals surface area (Å²) in [6, 6.07) is 5.08. The van der Waals surface area contributed by atoms with E-state index in [1.54, 1.807) is 12.1 Å². The lowest BCUT2D eigenvalue weighted by atomic mass is 9.81. The van der Waals surface area contributed by atoms with Gasteiger partial charge in [0.2, 0.25) is 5.91 Å². The summed E-state index contributed by atoms with van der Waals surface area (Å²) < 4.78 is 0. The second-order valence-corrected chi connectivity index (χ2v) is 4.36. The van der Waals surface area contributed by atoms with Gasteiger partial charge >= 0.3 is 0 Å². The predicted molar refractivity (Wildman–Crippen MR) is 54.2 cm³/mol. The smallest absolute Gasteiger partial charge is 0.230 e. The highest BCUT2D eigenvalue weighted by atomic mass is 16.3. The molecule has 0 saturated heterocycles. The Morgan fingerprint density at radius 3 is 2.86 bits per heavy atom. The van der Waals surface area contributed by atoms with Crippen LogP contribution in [0, 0.1) is 5.41 Å². The Balaban J connectivity index is 2.46. The van der Waals surface area contributed by atoms with Crippen LogP contribution in [0.1, 0.15) is 19.4 Å². The second kappa shape index (κ2) is 2.74. The Hall–Kier alpha value is -1.51. The molecule has 0 spiro atoms. The maximum atomic E-state index is 11.6. The normalized spacial score (nSPS) is 18.6. The summed E-state index contributed by atoms with van der Waals surface area (Å²) in [4.78, 5) is 11.6. The second-order valence-electron chi connectivity index (χ2n) is 4.36. The van der Waals surface area contributed by atoms with Gasteiger partial charge in [0.15, 0.2) is 0 Å². The van der Waals surface area contributed by atoms with Crippen LogP contribution in [0.15, 0.2) is 18.2 Å². The standard InChI is InChI=1S/C11H13NO2/c1-11(2)6-7-3-4-8(13)5-9(7)12-10(11)14/h3-5,13H,6H2,1-2H3,(H,12,14). The molecule has 2 rings (SSSR count). The predicted octanol–water partition coefficient (Wildman–Crippen LogP) is 1.91. The van der Waals surface area contributed by atoms with E-state index in [0.717, 1.165) is 11.3 Å². The first-order valence-electron chi connectivity index (χ1n) is 4.62. The number of carbonyl (C=O) groups excluding carboxylic acids is 1. The van der Waals surface area contributed by atoms with Crippen molar-refractivity contribution in [1.29, 1.82) is 0 Å². The number of fused-ring (bicyclic) bond motifs is 1.